The molecule has 0 radical (unpaired) electrons. The number of nitrogens with one attached hydrogen (secondary N) is 2. The summed E-state index contributed by atoms with van der Waals surface area (Å²) in [6, 6.07) is 13.7. The predicted octanol–water partition coefficient (Wildman–Crippen LogP) is 1.73. The van der Waals surface area contributed by atoms with Crippen LogP contribution in [0, 0.1) is 0 Å². The van der Waals surface area contributed by atoms with Gasteiger partial charge in [-0.2, -0.15) is 5.10 Å². The fourth-order valence-corrected chi connectivity index (χ4v) is 3.10. The van der Waals surface area contributed by atoms with Gasteiger partial charge in [-0.25, -0.2) is 5.10 Å². The molecular formula is C18H22N4O2. The number of rotatable bonds is 4. The number of hydrogen-bond acceptors (Lipinski definition) is 4. The molecule has 1 aromatic heterocycles. The summed E-state index contributed by atoms with van der Waals surface area (Å²) in [5.41, 5.74) is 1.25. The van der Waals surface area contributed by atoms with E-state index in [2.05, 4.69) is 51.6 Å². The van der Waals surface area contributed by atoms with Crippen molar-refractivity contribution in [2.45, 2.75) is 31.8 Å². The van der Waals surface area contributed by atoms with Crippen molar-refractivity contribution in [1.82, 2.24) is 20.4 Å². The molecule has 0 bridgehead atoms. The van der Waals surface area contributed by atoms with Crippen molar-refractivity contribution in [2.24, 2.45) is 0 Å². The Morgan fingerprint density at radius 1 is 1.21 bits per heavy atom. The lowest BCUT2D eigenvalue weighted by molar-refractivity contribution is 0.0890. The number of nitrogens with zero attached hydrogens (tertiary/aromatic N) is 2. The summed E-state index contributed by atoms with van der Waals surface area (Å²) < 4.78 is 0. The van der Waals surface area contributed by atoms with E-state index < -0.39 is 0 Å². The molecule has 6 nitrogen and oxygen atoms in total. The summed E-state index contributed by atoms with van der Waals surface area (Å²) >= 11 is 0. The summed E-state index contributed by atoms with van der Waals surface area (Å²) in [4.78, 5) is 25.6. The number of aromatic amines is 1. The maximum atomic E-state index is 12.2. The molecule has 1 amide bonds. The van der Waals surface area contributed by atoms with Crippen LogP contribution in [0.3, 0.4) is 0 Å². The lowest BCUT2D eigenvalue weighted by atomic mass is 10.00. The fraction of sp³-hybridized carbons (Fsp3) is 0.389. The van der Waals surface area contributed by atoms with Crippen LogP contribution in [0.2, 0.25) is 0 Å². The van der Waals surface area contributed by atoms with E-state index in [0.717, 1.165) is 25.9 Å². The van der Waals surface area contributed by atoms with Gasteiger partial charge in [0.2, 0.25) is 0 Å². The number of carbonyl (C=O) groups is 1. The molecule has 24 heavy (non-hydrogen) atoms. The molecule has 1 aliphatic heterocycles. The Labute approximate surface area is 140 Å². The van der Waals surface area contributed by atoms with E-state index in [4.69, 9.17) is 0 Å². The standard InChI is InChI=1S/C18H22N4O2/c1-13(14-5-3-2-4-6-14)22-11-9-15(10-12-22)19-18(24)16-7-8-17(23)21-20-16/h2-8,13,15H,9-12H2,1H3,(H,19,24)(H,21,23)/t13-/m1/s1. The molecule has 1 fully saturated rings. The van der Waals surface area contributed by atoms with Crippen LogP contribution in [0.5, 0.6) is 0 Å². The maximum absolute atomic E-state index is 12.2. The number of likely N-dealkylation sites (tertiary alicyclic amines) is 1. The molecule has 0 spiro atoms. The van der Waals surface area contributed by atoms with E-state index in [1.807, 2.05) is 6.07 Å². The largest absolute Gasteiger partial charge is 0.348 e. The minimum atomic E-state index is -0.310. The van der Waals surface area contributed by atoms with Gasteiger partial charge in [-0.1, -0.05) is 30.3 Å². The molecule has 6 heteroatoms. The molecule has 2 heterocycles. The first-order chi connectivity index (χ1) is 11.6. The molecule has 0 aliphatic carbocycles. The van der Waals surface area contributed by atoms with Crippen LogP contribution in [-0.2, 0) is 0 Å². The zero-order valence-corrected chi connectivity index (χ0v) is 13.7. The second kappa shape index (κ2) is 7.40. The molecule has 1 aromatic carbocycles. The molecule has 1 saturated heterocycles. The summed E-state index contributed by atoms with van der Waals surface area (Å²) in [5, 5.41) is 9.05. The Hall–Kier alpha value is -2.47. The third-order valence-electron chi connectivity index (χ3n) is 4.61. The molecule has 0 saturated carbocycles. The Morgan fingerprint density at radius 2 is 1.92 bits per heavy atom. The topological polar surface area (TPSA) is 78.1 Å². The zero-order valence-electron chi connectivity index (χ0n) is 13.7. The first-order valence-corrected chi connectivity index (χ1v) is 8.29. The van der Waals surface area contributed by atoms with Crippen LogP contribution >= 0.6 is 0 Å². The van der Waals surface area contributed by atoms with E-state index in [1.54, 1.807) is 0 Å². The van der Waals surface area contributed by atoms with Crippen molar-refractivity contribution in [3.05, 3.63) is 64.1 Å². The summed E-state index contributed by atoms with van der Waals surface area (Å²) in [5.74, 6) is -0.235. The van der Waals surface area contributed by atoms with Crippen LogP contribution in [0.4, 0.5) is 0 Å². The second-order valence-electron chi connectivity index (χ2n) is 6.18. The maximum Gasteiger partial charge on any atom is 0.271 e. The van der Waals surface area contributed by atoms with Crippen LogP contribution < -0.4 is 10.9 Å². The van der Waals surface area contributed by atoms with Crippen molar-refractivity contribution < 1.29 is 4.79 Å². The van der Waals surface area contributed by atoms with Gasteiger partial charge in [-0.15, -0.1) is 0 Å². The van der Waals surface area contributed by atoms with Gasteiger partial charge in [-0.3, -0.25) is 14.5 Å². The highest BCUT2D eigenvalue weighted by Crippen LogP contribution is 2.24. The molecule has 2 N–H and O–H groups in total. The smallest absolute Gasteiger partial charge is 0.271 e. The van der Waals surface area contributed by atoms with Crippen LogP contribution in [0.25, 0.3) is 0 Å². The van der Waals surface area contributed by atoms with E-state index in [9.17, 15) is 9.59 Å². The van der Waals surface area contributed by atoms with Gasteiger partial charge in [0.1, 0.15) is 5.69 Å². The molecule has 126 valence electrons. The minimum absolute atomic E-state index is 0.144. The first-order valence-electron chi connectivity index (χ1n) is 8.29. The minimum Gasteiger partial charge on any atom is -0.348 e. The van der Waals surface area contributed by atoms with Gasteiger partial charge < -0.3 is 5.32 Å². The normalized spacial score (nSPS) is 17.4. The van der Waals surface area contributed by atoms with Gasteiger partial charge >= 0.3 is 0 Å². The quantitative estimate of drug-likeness (QED) is 0.897. The lowest BCUT2D eigenvalue weighted by Gasteiger charge is -2.36. The Balaban J connectivity index is 1.52. The summed E-state index contributed by atoms with van der Waals surface area (Å²) in [6.45, 7) is 4.11. The third-order valence-corrected chi connectivity index (χ3v) is 4.61. The Morgan fingerprint density at radius 3 is 2.54 bits per heavy atom. The molecule has 3 rings (SSSR count). The Kier molecular flexibility index (Phi) is 5.05. The molecular weight excluding hydrogens is 304 g/mol. The van der Waals surface area contributed by atoms with E-state index in [-0.39, 0.29) is 23.2 Å². The molecule has 1 aliphatic rings. The van der Waals surface area contributed by atoms with Crippen molar-refractivity contribution >= 4 is 5.91 Å². The van der Waals surface area contributed by atoms with Crippen molar-refractivity contribution in [3.8, 4) is 0 Å². The highest BCUT2D eigenvalue weighted by molar-refractivity contribution is 5.92. The highest BCUT2D eigenvalue weighted by Gasteiger charge is 2.24. The number of amides is 1. The second-order valence-corrected chi connectivity index (χ2v) is 6.18. The highest BCUT2D eigenvalue weighted by atomic mass is 16.2. The van der Waals surface area contributed by atoms with Gasteiger partial charge in [0.25, 0.3) is 11.5 Å². The monoisotopic (exact) mass is 326 g/mol. The van der Waals surface area contributed by atoms with Crippen molar-refractivity contribution in [3.63, 3.8) is 0 Å². The summed E-state index contributed by atoms with van der Waals surface area (Å²) in [6.07, 6.45) is 1.82. The van der Waals surface area contributed by atoms with E-state index >= 15 is 0 Å². The summed E-state index contributed by atoms with van der Waals surface area (Å²) in [7, 11) is 0. The Bertz CT molecular complexity index is 716. The van der Waals surface area contributed by atoms with Gasteiger partial charge in [0.05, 0.1) is 0 Å². The number of hydrogen-bond donors (Lipinski definition) is 2. The van der Waals surface area contributed by atoms with Gasteiger partial charge in [-0.05, 0) is 31.4 Å². The average molecular weight is 326 g/mol. The predicted molar refractivity (Wildman–Crippen MR) is 91.8 cm³/mol. The van der Waals surface area contributed by atoms with Gasteiger partial charge in [0, 0.05) is 31.2 Å². The number of piperidine rings is 1. The van der Waals surface area contributed by atoms with Gasteiger partial charge in [0.15, 0.2) is 0 Å². The number of H-pyrrole nitrogens is 1. The average Bonchev–Trinajstić information content (AvgIpc) is 2.63. The third kappa shape index (κ3) is 3.89. The van der Waals surface area contributed by atoms with Crippen molar-refractivity contribution in [1.29, 1.82) is 0 Å². The van der Waals surface area contributed by atoms with Crippen LogP contribution in [0.1, 0.15) is 41.9 Å². The van der Waals surface area contributed by atoms with Crippen molar-refractivity contribution in [2.75, 3.05) is 13.1 Å². The number of carbonyl (C=O) groups excluding carboxylic acids is 1. The number of aromatic nitrogens is 2. The van der Waals surface area contributed by atoms with E-state index in [0.29, 0.717) is 6.04 Å². The SMILES string of the molecule is C[C@H](c1ccccc1)N1CCC(NC(=O)c2ccc(=O)[nH]n2)CC1. The van der Waals surface area contributed by atoms with Crippen LogP contribution in [0.15, 0.2) is 47.3 Å². The molecule has 1 atom stereocenters. The first kappa shape index (κ1) is 16.4. The molecule has 2 aromatic rings. The zero-order chi connectivity index (χ0) is 16.9. The van der Waals surface area contributed by atoms with E-state index in [1.165, 1.54) is 17.7 Å². The van der Waals surface area contributed by atoms with Crippen LogP contribution in [-0.4, -0.2) is 40.1 Å². The molecule has 0 unspecified atom stereocenters. The lowest BCUT2D eigenvalue weighted by Crippen LogP contribution is -2.45. The number of benzene rings is 1. The fourth-order valence-electron chi connectivity index (χ4n) is 3.10.